The van der Waals surface area contributed by atoms with Gasteiger partial charge in [-0.15, -0.1) is 11.3 Å². The Hall–Kier alpha value is -2.68. The fraction of sp³-hybridized carbons (Fsp3) is 0.350. The molecule has 152 valence electrons. The molecule has 29 heavy (non-hydrogen) atoms. The number of carbonyl (C=O) groups is 1. The van der Waals surface area contributed by atoms with Crippen LogP contribution in [0.1, 0.15) is 39.7 Å². The summed E-state index contributed by atoms with van der Waals surface area (Å²) in [5.74, 6) is -0.321. The van der Waals surface area contributed by atoms with Crippen molar-refractivity contribution < 1.29 is 18.0 Å². The summed E-state index contributed by atoms with van der Waals surface area (Å²) < 4.78 is 39.8. The first kappa shape index (κ1) is 19.6. The number of alkyl halides is 3. The third-order valence-corrected chi connectivity index (χ3v) is 6.16. The number of fused-ring (bicyclic) bond motifs is 3. The van der Waals surface area contributed by atoms with Crippen molar-refractivity contribution in [2.75, 3.05) is 6.54 Å². The first-order valence-electron chi connectivity index (χ1n) is 9.25. The molecule has 3 aromatic rings. The molecular formula is C20H18F3N3O2S. The number of aromatic nitrogens is 2. The van der Waals surface area contributed by atoms with E-state index in [1.54, 1.807) is 15.8 Å². The van der Waals surface area contributed by atoms with Crippen LogP contribution in [0.25, 0.3) is 10.2 Å². The van der Waals surface area contributed by atoms with Crippen molar-refractivity contribution in [3.8, 4) is 0 Å². The lowest BCUT2D eigenvalue weighted by molar-refractivity contribution is -0.137. The standard InChI is InChI=1S/C20H18F3N3O2S/c1-2-8-26-11-24-17-16(19(26)28)14-7-9-25(10-15(14)29-17)18(27)12-3-5-13(6-4-12)20(21,22)23/h3-6,11H,2,7-10H2,1H3. The van der Waals surface area contributed by atoms with E-state index in [9.17, 15) is 22.8 Å². The quantitative estimate of drug-likeness (QED) is 0.640. The lowest BCUT2D eigenvalue weighted by atomic mass is 10.0. The molecule has 0 N–H and O–H groups in total. The fourth-order valence-corrected chi connectivity index (χ4v) is 4.77. The largest absolute Gasteiger partial charge is 0.416 e. The van der Waals surface area contributed by atoms with Gasteiger partial charge in [-0.25, -0.2) is 4.98 Å². The van der Waals surface area contributed by atoms with Crippen molar-refractivity contribution >= 4 is 27.5 Å². The van der Waals surface area contributed by atoms with E-state index in [1.807, 2.05) is 6.92 Å². The van der Waals surface area contributed by atoms with E-state index in [2.05, 4.69) is 4.98 Å². The van der Waals surface area contributed by atoms with Crippen LogP contribution in [0.5, 0.6) is 0 Å². The van der Waals surface area contributed by atoms with Gasteiger partial charge in [-0.2, -0.15) is 13.2 Å². The van der Waals surface area contributed by atoms with Crippen LogP contribution in [-0.2, 0) is 25.7 Å². The van der Waals surface area contributed by atoms with Crippen molar-refractivity contribution in [2.24, 2.45) is 0 Å². The highest BCUT2D eigenvalue weighted by molar-refractivity contribution is 7.18. The van der Waals surface area contributed by atoms with Crippen molar-refractivity contribution in [3.05, 3.63) is 62.5 Å². The van der Waals surface area contributed by atoms with E-state index in [4.69, 9.17) is 0 Å². The number of hydrogen-bond donors (Lipinski definition) is 0. The second kappa shape index (κ2) is 7.29. The van der Waals surface area contributed by atoms with E-state index >= 15 is 0 Å². The number of thiophene rings is 1. The van der Waals surface area contributed by atoms with Crippen LogP contribution < -0.4 is 5.56 Å². The minimum atomic E-state index is -4.43. The first-order valence-corrected chi connectivity index (χ1v) is 10.1. The summed E-state index contributed by atoms with van der Waals surface area (Å²) in [5.41, 5.74) is 0.307. The van der Waals surface area contributed by atoms with E-state index < -0.39 is 11.7 Å². The zero-order valence-electron chi connectivity index (χ0n) is 15.6. The summed E-state index contributed by atoms with van der Waals surface area (Å²) in [4.78, 5) is 33.1. The van der Waals surface area contributed by atoms with E-state index in [-0.39, 0.29) is 17.0 Å². The van der Waals surface area contributed by atoms with Gasteiger partial charge in [-0.1, -0.05) is 6.92 Å². The van der Waals surface area contributed by atoms with Crippen LogP contribution in [0.2, 0.25) is 0 Å². The SMILES string of the molecule is CCCn1cnc2sc3c(c2c1=O)CCN(C(=O)c1ccc(C(F)(F)F)cc1)C3. The van der Waals surface area contributed by atoms with Gasteiger partial charge in [0.1, 0.15) is 4.83 Å². The molecule has 0 bridgehead atoms. The van der Waals surface area contributed by atoms with Crippen LogP contribution in [0.15, 0.2) is 35.4 Å². The highest BCUT2D eigenvalue weighted by Crippen LogP contribution is 2.33. The number of nitrogens with zero attached hydrogens (tertiary/aromatic N) is 3. The van der Waals surface area contributed by atoms with Crippen molar-refractivity contribution in [2.45, 2.75) is 39.0 Å². The first-order chi connectivity index (χ1) is 13.8. The smallest absolute Gasteiger partial charge is 0.333 e. The fourth-order valence-electron chi connectivity index (χ4n) is 3.58. The highest BCUT2D eigenvalue weighted by Gasteiger charge is 2.31. The van der Waals surface area contributed by atoms with Crippen molar-refractivity contribution in [3.63, 3.8) is 0 Å². The monoisotopic (exact) mass is 421 g/mol. The van der Waals surface area contributed by atoms with Gasteiger partial charge in [0.25, 0.3) is 11.5 Å². The molecular weight excluding hydrogens is 403 g/mol. The van der Waals surface area contributed by atoms with Gasteiger partial charge in [0.2, 0.25) is 0 Å². The zero-order chi connectivity index (χ0) is 20.8. The van der Waals surface area contributed by atoms with Gasteiger partial charge >= 0.3 is 6.18 Å². The predicted octanol–water partition coefficient (Wildman–Crippen LogP) is 4.09. The molecule has 1 aromatic carbocycles. The van der Waals surface area contributed by atoms with Gasteiger partial charge in [0.15, 0.2) is 0 Å². The number of halogens is 3. The van der Waals surface area contributed by atoms with Crippen molar-refractivity contribution in [1.29, 1.82) is 0 Å². The summed E-state index contributed by atoms with van der Waals surface area (Å²) in [7, 11) is 0. The Bertz CT molecular complexity index is 1130. The molecule has 3 heterocycles. The normalized spacial score (nSPS) is 14.3. The summed E-state index contributed by atoms with van der Waals surface area (Å²) >= 11 is 1.40. The number of rotatable bonds is 3. The Morgan fingerprint density at radius 2 is 1.97 bits per heavy atom. The number of hydrogen-bond acceptors (Lipinski definition) is 4. The average molecular weight is 421 g/mol. The van der Waals surface area contributed by atoms with Gasteiger partial charge in [-0.3, -0.25) is 14.2 Å². The van der Waals surface area contributed by atoms with Gasteiger partial charge in [-0.05, 0) is 42.7 Å². The Morgan fingerprint density at radius 1 is 1.24 bits per heavy atom. The van der Waals surface area contributed by atoms with Crippen LogP contribution >= 0.6 is 11.3 Å². The summed E-state index contributed by atoms with van der Waals surface area (Å²) in [6, 6.07) is 4.25. The Kier molecular flexibility index (Phi) is 4.94. The molecule has 0 saturated carbocycles. The molecule has 9 heteroatoms. The second-order valence-corrected chi connectivity index (χ2v) is 8.06. The van der Waals surface area contributed by atoms with Gasteiger partial charge in [0, 0.05) is 23.5 Å². The summed E-state index contributed by atoms with van der Waals surface area (Å²) in [5, 5.41) is 0.627. The maximum Gasteiger partial charge on any atom is 0.416 e. The number of carbonyl (C=O) groups excluding carboxylic acids is 1. The number of benzene rings is 1. The zero-order valence-corrected chi connectivity index (χ0v) is 16.4. The molecule has 1 aliphatic rings. The van der Waals surface area contributed by atoms with Crippen LogP contribution in [0.4, 0.5) is 13.2 Å². The molecule has 0 fully saturated rings. The Morgan fingerprint density at radius 3 is 2.62 bits per heavy atom. The van der Waals surface area contributed by atoms with Gasteiger partial charge in [0.05, 0.1) is 23.8 Å². The summed E-state index contributed by atoms with van der Waals surface area (Å²) in [6.45, 7) is 3.32. The van der Waals surface area contributed by atoms with Crippen molar-refractivity contribution in [1.82, 2.24) is 14.5 Å². The third-order valence-electron chi connectivity index (χ3n) is 5.04. The molecule has 0 atom stereocenters. The van der Waals surface area contributed by atoms with Crippen LogP contribution in [-0.4, -0.2) is 26.9 Å². The molecule has 0 radical (unpaired) electrons. The highest BCUT2D eigenvalue weighted by atomic mass is 32.1. The minimum Gasteiger partial charge on any atom is -0.333 e. The predicted molar refractivity (Wildman–Crippen MR) is 104 cm³/mol. The average Bonchev–Trinajstić information content (AvgIpc) is 3.07. The summed E-state index contributed by atoms with van der Waals surface area (Å²) in [6.07, 6.45) is -1.53. The molecule has 0 saturated heterocycles. The van der Waals surface area contributed by atoms with E-state index in [0.717, 1.165) is 29.0 Å². The Balaban J connectivity index is 1.61. The topological polar surface area (TPSA) is 55.2 Å². The lowest BCUT2D eigenvalue weighted by Gasteiger charge is -2.27. The minimum absolute atomic E-state index is 0.0585. The lowest BCUT2D eigenvalue weighted by Crippen LogP contribution is -2.35. The van der Waals surface area contributed by atoms with E-state index in [1.165, 1.54) is 23.5 Å². The third kappa shape index (κ3) is 3.55. The van der Waals surface area contributed by atoms with Crippen LogP contribution in [0.3, 0.4) is 0 Å². The maximum atomic E-state index is 12.8. The molecule has 1 amide bonds. The molecule has 5 nitrogen and oxygen atoms in total. The van der Waals surface area contributed by atoms with Crippen LogP contribution in [0, 0.1) is 0 Å². The molecule has 4 rings (SSSR count). The maximum absolute atomic E-state index is 12.8. The molecule has 0 spiro atoms. The number of amides is 1. The molecule has 1 aliphatic heterocycles. The van der Waals surface area contributed by atoms with Gasteiger partial charge < -0.3 is 4.90 Å². The number of aryl methyl sites for hydroxylation is 1. The Labute approximate surface area is 168 Å². The van der Waals surface area contributed by atoms with E-state index in [0.29, 0.717) is 36.3 Å². The molecule has 0 aliphatic carbocycles. The second-order valence-electron chi connectivity index (χ2n) is 6.98. The molecule has 2 aromatic heterocycles. The molecule has 0 unspecified atom stereocenters.